The lowest BCUT2D eigenvalue weighted by atomic mass is 9.91. The van der Waals surface area contributed by atoms with E-state index in [1.807, 2.05) is 43.5 Å². The first kappa shape index (κ1) is 27.7. The van der Waals surface area contributed by atoms with E-state index in [-0.39, 0.29) is 10.9 Å². The van der Waals surface area contributed by atoms with Gasteiger partial charge in [-0.05, 0) is 86.7 Å². The van der Waals surface area contributed by atoms with Gasteiger partial charge in [0, 0.05) is 55.6 Å². The number of benzene rings is 2. The Morgan fingerprint density at radius 3 is 2.27 bits per heavy atom. The van der Waals surface area contributed by atoms with Gasteiger partial charge in [0.05, 0.1) is 4.90 Å². The van der Waals surface area contributed by atoms with E-state index in [2.05, 4.69) is 37.0 Å². The van der Waals surface area contributed by atoms with Crippen LogP contribution in [0.2, 0.25) is 0 Å². The molecule has 0 aliphatic heterocycles. The molecule has 1 aliphatic rings. The molecule has 2 aromatic carbocycles. The summed E-state index contributed by atoms with van der Waals surface area (Å²) in [5.41, 5.74) is 3.97. The minimum absolute atomic E-state index is 0.0172. The average molecular weight is 558 g/mol. The zero-order chi connectivity index (χ0) is 28.0. The number of sulfonamides is 1. The molecular weight excluding hydrogens is 522 g/mol. The Hall–Kier alpha value is -3.86. The summed E-state index contributed by atoms with van der Waals surface area (Å²) in [5.74, 6) is 1.07. The molecule has 1 fully saturated rings. The standard InChI is InChI=1S/C30H35N7O2S/c1-22-5-7-25(8-6-22)34-29-17-19-32-30(36-29)35-26-11-15-28(16-12-26)40(38,39)37(2)27-13-9-24(10-14-27)33-21-23-4-3-18-31-20-23/h3-8,11-12,15-20,24,27,33H,9-10,13-14,21H2,1-2H3,(H2,32,34,35,36). The zero-order valence-electron chi connectivity index (χ0n) is 22.8. The number of aromatic nitrogens is 3. The summed E-state index contributed by atoms with van der Waals surface area (Å²) in [6.45, 7) is 2.82. The largest absolute Gasteiger partial charge is 0.340 e. The van der Waals surface area contributed by atoms with Crippen molar-refractivity contribution in [3.8, 4) is 0 Å². The summed E-state index contributed by atoms with van der Waals surface area (Å²) in [6.07, 6.45) is 8.83. The summed E-state index contributed by atoms with van der Waals surface area (Å²) in [6, 6.07) is 20.9. The van der Waals surface area contributed by atoms with Crippen LogP contribution in [-0.2, 0) is 16.6 Å². The predicted molar refractivity (Wildman–Crippen MR) is 158 cm³/mol. The maximum absolute atomic E-state index is 13.4. The van der Waals surface area contributed by atoms with E-state index in [4.69, 9.17) is 0 Å². The normalized spacial score (nSPS) is 17.5. The van der Waals surface area contributed by atoms with E-state index < -0.39 is 10.0 Å². The number of rotatable bonds is 10. The molecule has 0 atom stereocenters. The molecule has 3 N–H and O–H groups in total. The molecular formula is C30H35N7O2S. The molecule has 2 heterocycles. The molecule has 2 aromatic heterocycles. The summed E-state index contributed by atoms with van der Waals surface area (Å²) in [7, 11) is -1.92. The fourth-order valence-electron chi connectivity index (χ4n) is 4.88. The highest BCUT2D eigenvalue weighted by molar-refractivity contribution is 7.89. The fourth-order valence-corrected chi connectivity index (χ4v) is 6.30. The lowest BCUT2D eigenvalue weighted by Crippen LogP contribution is -2.43. The number of hydrogen-bond donors (Lipinski definition) is 3. The minimum atomic E-state index is -3.61. The maximum Gasteiger partial charge on any atom is 0.243 e. The second-order valence-electron chi connectivity index (χ2n) is 10.2. The van der Waals surface area contributed by atoms with E-state index in [0.717, 1.165) is 43.5 Å². The molecule has 40 heavy (non-hydrogen) atoms. The van der Waals surface area contributed by atoms with Crippen molar-refractivity contribution in [1.29, 1.82) is 0 Å². The second kappa shape index (κ2) is 12.5. The third-order valence-corrected chi connectivity index (χ3v) is 9.22. The highest BCUT2D eigenvalue weighted by atomic mass is 32.2. The molecule has 0 amide bonds. The number of aryl methyl sites for hydroxylation is 1. The highest BCUT2D eigenvalue weighted by Crippen LogP contribution is 2.28. The molecule has 0 unspecified atom stereocenters. The first-order valence-corrected chi connectivity index (χ1v) is 14.9. The average Bonchev–Trinajstić information content (AvgIpc) is 2.98. The van der Waals surface area contributed by atoms with Crippen molar-refractivity contribution in [2.45, 2.75) is 56.1 Å². The van der Waals surface area contributed by atoms with Crippen LogP contribution in [0.4, 0.5) is 23.1 Å². The van der Waals surface area contributed by atoms with Gasteiger partial charge in [0.1, 0.15) is 5.82 Å². The van der Waals surface area contributed by atoms with Crippen LogP contribution in [0.3, 0.4) is 0 Å². The zero-order valence-corrected chi connectivity index (χ0v) is 23.6. The molecule has 0 bridgehead atoms. The third-order valence-electron chi connectivity index (χ3n) is 7.30. The molecule has 0 saturated heterocycles. The van der Waals surface area contributed by atoms with Gasteiger partial charge in [-0.15, -0.1) is 0 Å². The van der Waals surface area contributed by atoms with Crippen LogP contribution >= 0.6 is 0 Å². The molecule has 1 saturated carbocycles. The Kier molecular flexibility index (Phi) is 8.69. The highest BCUT2D eigenvalue weighted by Gasteiger charge is 2.31. The van der Waals surface area contributed by atoms with Crippen LogP contribution in [0, 0.1) is 6.92 Å². The Morgan fingerprint density at radius 1 is 0.875 bits per heavy atom. The lowest BCUT2D eigenvalue weighted by Gasteiger charge is -2.34. The van der Waals surface area contributed by atoms with E-state index in [1.165, 1.54) is 9.87 Å². The van der Waals surface area contributed by atoms with Crippen LogP contribution in [-0.4, -0.2) is 46.8 Å². The van der Waals surface area contributed by atoms with Crippen molar-refractivity contribution in [3.05, 3.63) is 96.4 Å². The van der Waals surface area contributed by atoms with Crippen molar-refractivity contribution in [3.63, 3.8) is 0 Å². The number of anilines is 4. The van der Waals surface area contributed by atoms with E-state index >= 15 is 0 Å². The van der Waals surface area contributed by atoms with Crippen molar-refractivity contribution < 1.29 is 8.42 Å². The third kappa shape index (κ3) is 7.01. The van der Waals surface area contributed by atoms with Crippen molar-refractivity contribution in [1.82, 2.24) is 24.6 Å². The first-order chi connectivity index (χ1) is 19.4. The lowest BCUT2D eigenvalue weighted by molar-refractivity contribution is 0.248. The monoisotopic (exact) mass is 557 g/mol. The molecule has 208 valence electrons. The number of hydrogen-bond acceptors (Lipinski definition) is 8. The summed E-state index contributed by atoms with van der Waals surface area (Å²) >= 11 is 0. The van der Waals surface area contributed by atoms with Gasteiger partial charge in [0.25, 0.3) is 0 Å². The quantitative estimate of drug-likeness (QED) is 0.238. The molecule has 0 spiro atoms. The summed E-state index contributed by atoms with van der Waals surface area (Å²) in [5, 5.41) is 10.0. The SMILES string of the molecule is Cc1ccc(Nc2ccnc(Nc3ccc(S(=O)(=O)N(C)C4CCC(NCc5cccnc5)CC4)cc3)n2)cc1. The van der Waals surface area contributed by atoms with Crippen molar-refractivity contribution in [2.24, 2.45) is 0 Å². The van der Waals surface area contributed by atoms with Crippen LogP contribution in [0.25, 0.3) is 0 Å². The molecule has 4 aromatic rings. The second-order valence-corrected chi connectivity index (χ2v) is 12.2. The van der Waals surface area contributed by atoms with Crippen molar-refractivity contribution >= 4 is 33.2 Å². The van der Waals surface area contributed by atoms with Crippen LogP contribution in [0.5, 0.6) is 0 Å². The maximum atomic E-state index is 13.4. The van der Waals surface area contributed by atoms with Crippen LogP contribution < -0.4 is 16.0 Å². The van der Waals surface area contributed by atoms with Gasteiger partial charge in [-0.2, -0.15) is 9.29 Å². The van der Waals surface area contributed by atoms with Crippen LogP contribution in [0.1, 0.15) is 36.8 Å². The van der Waals surface area contributed by atoms with Crippen molar-refractivity contribution in [2.75, 3.05) is 17.7 Å². The molecule has 0 radical (unpaired) electrons. The van der Waals surface area contributed by atoms with Gasteiger partial charge in [0.2, 0.25) is 16.0 Å². The van der Waals surface area contributed by atoms with E-state index in [1.54, 1.807) is 49.8 Å². The summed E-state index contributed by atoms with van der Waals surface area (Å²) in [4.78, 5) is 13.2. The Bertz CT molecular complexity index is 1490. The summed E-state index contributed by atoms with van der Waals surface area (Å²) < 4.78 is 28.3. The van der Waals surface area contributed by atoms with Gasteiger partial charge in [-0.25, -0.2) is 13.4 Å². The van der Waals surface area contributed by atoms with Gasteiger partial charge in [-0.1, -0.05) is 23.8 Å². The number of pyridine rings is 1. The van der Waals surface area contributed by atoms with Crippen LogP contribution in [0.15, 0.2) is 90.2 Å². The number of nitrogens with zero attached hydrogens (tertiary/aromatic N) is 4. The molecule has 10 heteroatoms. The van der Waals surface area contributed by atoms with Gasteiger partial charge >= 0.3 is 0 Å². The number of nitrogens with one attached hydrogen (secondary N) is 3. The van der Waals surface area contributed by atoms with Gasteiger partial charge in [0.15, 0.2) is 0 Å². The molecule has 1 aliphatic carbocycles. The predicted octanol–water partition coefficient (Wildman–Crippen LogP) is 5.39. The Labute approximate surface area is 236 Å². The fraction of sp³-hybridized carbons (Fsp3) is 0.300. The Morgan fingerprint density at radius 2 is 1.57 bits per heavy atom. The molecule has 9 nitrogen and oxygen atoms in total. The topological polar surface area (TPSA) is 112 Å². The first-order valence-electron chi connectivity index (χ1n) is 13.5. The Balaban J connectivity index is 1.15. The van der Waals surface area contributed by atoms with Gasteiger partial charge in [-0.3, -0.25) is 4.98 Å². The molecule has 5 rings (SSSR count). The van der Waals surface area contributed by atoms with E-state index in [0.29, 0.717) is 23.5 Å². The minimum Gasteiger partial charge on any atom is -0.340 e. The van der Waals surface area contributed by atoms with E-state index in [9.17, 15) is 8.42 Å². The smallest absolute Gasteiger partial charge is 0.243 e. The van der Waals surface area contributed by atoms with Gasteiger partial charge < -0.3 is 16.0 Å².